The Morgan fingerprint density at radius 1 is 1.33 bits per heavy atom. The summed E-state index contributed by atoms with van der Waals surface area (Å²) < 4.78 is 40.3. The lowest BCUT2D eigenvalue weighted by molar-refractivity contribution is -0.141. The van der Waals surface area contributed by atoms with Crippen LogP contribution in [0.5, 0.6) is 0 Å². The van der Waals surface area contributed by atoms with Crippen LogP contribution in [0.1, 0.15) is 31.3 Å². The Kier molecular flexibility index (Phi) is 3.14. The van der Waals surface area contributed by atoms with Crippen molar-refractivity contribution in [3.63, 3.8) is 0 Å². The van der Waals surface area contributed by atoms with Gasteiger partial charge in [0.25, 0.3) is 0 Å². The molecule has 0 saturated heterocycles. The second-order valence-electron chi connectivity index (χ2n) is 4.28. The van der Waals surface area contributed by atoms with E-state index >= 15 is 0 Å². The van der Waals surface area contributed by atoms with E-state index in [2.05, 4.69) is 10.1 Å². The van der Waals surface area contributed by atoms with E-state index in [1.54, 1.807) is 12.5 Å². The molecule has 0 aliphatic rings. The maximum Gasteiger partial charge on any atom is 0.435 e. The lowest BCUT2D eigenvalue weighted by Gasteiger charge is -2.11. The van der Waals surface area contributed by atoms with Gasteiger partial charge in [-0.2, -0.15) is 18.3 Å². The third-order valence-electron chi connectivity index (χ3n) is 2.56. The van der Waals surface area contributed by atoms with Crippen LogP contribution in [0.4, 0.5) is 13.2 Å². The van der Waals surface area contributed by atoms with Gasteiger partial charge in [0.1, 0.15) is 0 Å². The first-order chi connectivity index (χ1) is 8.38. The molecule has 0 amide bonds. The van der Waals surface area contributed by atoms with Gasteiger partial charge in [-0.1, -0.05) is 0 Å². The fraction of sp³-hybridized carbons (Fsp3) is 0.455. The second kappa shape index (κ2) is 4.47. The van der Waals surface area contributed by atoms with E-state index in [1.807, 2.05) is 18.4 Å². The highest BCUT2D eigenvalue weighted by atomic mass is 19.4. The maximum absolute atomic E-state index is 12.4. The monoisotopic (exact) mass is 258 g/mol. The van der Waals surface area contributed by atoms with Crippen molar-refractivity contribution in [2.75, 3.05) is 0 Å². The van der Waals surface area contributed by atoms with Gasteiger partial charge in [0.2, 0.25) is 0 Å². The smallest absolute Gasteiger partial charge is 0.330 e. The van der Waals surface area contributed by atoms with Crippen molar-refractivity contribution in [1.82, 2.24) is 19.3 Å². The number of halogens is 3. The molecule has 0 radical (unpaired) electrons. The molecule has 0 atom stereocenters. The van der Waals surface area contributed by atoms with Crippen molar-refractivity contribution in [2.24, 2.45) is 0 Å². The van der Waals surface area contributed by atoms with Crippen molar-refractivity contribution in [3.8, 4) is 0 Å². The number of hydrogen-bond donors (Lipinski definition) is 0. The summed E-state index contributed by atoms with van der Waals surface area (Å²) in [7, 11) is 0. The van der Waals surface area contributed by atoms with Crippen LogP contribution >= 0.6 is 0 Å². The normalized spacial score (nSPS) is 12.3. The minimum absolute atomic E-state index is 0.208. The van der Waals surface area contributed by atoms with E-state index in [1.165, 1.54) is 10.9 Å². The predicted octanol–water partition coefficient (Wildman–Crippen LogP) is 2.73. The summed E-state index contributed by atoms with van der Waals surface area (Å²) in [6.07, 6.45) is 0.215. The molecule has 0 spiro atoms. The molecule has 18 heavy (non-hydrogen) atoms. The van der Waals surface area contributed by atoms with Crippen molar-refractivity contribution in [2.45, 2.75) is 32.6 Å². The molecule has 0 unspecified atom stereocenters. The summed E-state index contributed by atoms with van der Waals surface area (Å²) in [5, 5.41) is 3.51. The van der Waals surface area contributed by atoms with Gasteiger partial charge in [-0.05, 0) is 19.9 Å². The third-order valence-corrected chi connectivity index (χ3v) is 2.56. The first-order valence-electron chi connectivity index (χ1n) is 5.49. The summed E-state index contributed by atoms with van der Waals surface area (Å²) >= 11 is 0. The first kappa shape index (κ1) is 12.7. The van der Waals surface area contributed by atoms with E-state index < -0.39 is 11.9 Å². The highest BCUT2D eigenvalue weighted by Gasteiger charge is 2.33. The molecule has 2 aromatic heterocycles. The Morgan fingerprint density at radius 3 is 2.61 bits per heavy atom. The van der Waals surface area contributed by atoms with Crippen molar-refractivity contribution >= 4 is 0 Å². The molecular weight excluding hydrogens is 245 g/mol. The molecule has 0 saturated carbocycles. The van der Waals surface area contributed by atoms with Gasteiger partial charge in [-0.3, -0.25) is 4.68 Å². The highest BCUT2D eigenvalue weighted by molar-refractivity contribution is 5.06. The number of imidazole rings is 1. The molecule has 0 aromatic carbocycles. The topological polar surface area (TPSA) is 35.6 Å². The minimum Gasteiger partial charge on any atom is -0.330 e. The molecule has 2 rings (SSSR count). The van der Waals surface area contributed by atoms with Crippen LogP contribution in [0.2, 0.25) is 0 Å². The molecule has 2 aromatic rings. The number of alkyl halides is 3. The fourth-order valence-corrected chi connectivity index (χ4v) is 1.69. The number of hydrogen-bond acceptors (Lipinski definition) is 2. The molecule has 4 nitrogen and oxygen atoms in total. The van der Waals surface area contributed by atoms with Crippen molar-refractivity contribution in [1.29, 1.82) is 0 Å². The first-order valence-corrected chi connectivity index (χ1v) is 5.49. The van der Waals surface area contributed by atoms with Gasteiger partial charge in [0.15, 0.2) is 5.69 Å². The molecule has 0 N–H and O–H groups in total. The molecule has 0 aliphatic carbocycles. The molecule has 0 aliphatic heterocycles. The summed E-state index contributed by atoms with van der Waals surface area (Å²) in [5.74, 6) is 0. The van der Waals surface area contributed by atoms with Gasteiger partial charge >= 0.3 is 6.18 Å². The lowest BCUT2D eigenvalue weighted by atomic mass is 10.3. The number of rotatable bonds is 3. The van der Waals surface area contributed by atoms with E-state index in [4.69, 9.17) is 0 Å². The molecule has 0 bridgehead atoms. The largest absolute Gasteiger partial charge is 0.435 e. The lowest BCUT2D eigenvalue weighted by Crippen LogP contribution is -2.11. The van der Waals surface area contributed by atoms with Crippen molar-refractivity contribution < 1.29 is 13.2 Å². The highest BCUT2D eigenvalue weighted by Crippen LogP contribution is 2.27. The summed E-state index contributed by atoms with van der Waals surface area (Å²) in [6, 6.07) is 1.18. The Hall–Kier alpha value is -1.79. The molecular formula is C11H13F3N4. The van der Waals surface area contributed by atoms with Gasteiger partial charge in [-0.25, -0.2) is 4.98 Å². The SMILES string of the molecule is CC(C)n1cncc1Cn1ccc(C(F)(F)F)n1. The minimum atomic E-state index is -4.40. The van der Waals surface area contributed by atoms with Crippen LogP contribution in [0.3, 0.4) is 0 Å². The number of nitrogens with zero attached hydrogens (tertiary/aromatic N) is 4. The van der Waals surface area contributed by atoms with Crippen LogP contribution in [-0.2, 0) is 12.7 Å². The van der Waals surface area contributed by atoms with Crippen LogP contribution in [0.25, 0.3) is 0 Å². The average molecular weight is 258 g/mol. The molecule has 2 heterocycles. The fourth-order valence-electron chi connectivity index (χ4n) is 1.69. The van der Waals surface area contributed by atoms with Gasteiger partial charge < -0.3 is 4.57 Å². The average Bonchev–Trinajstić information content (AvgIpc) is 2.85. The van der Waals surface area contributed by atoms with Gasteiger partial charge in [0, 0.05) is 12.2 Å². The zero-order chi connectivity index (χ0) is 13.3. The van der Waals surface area contributed by atoms with Gasteiger partial charge in [-0.15, -0.1) is 0 Å². The van der Waals surface area contributed by atoms with E-state index in [0.29, 0.717) is 0 Å². The molecule has 0 fully saturated rings. The van der Waals surface area contributed by atoms with Crippen molar-refractivity contribution in [3.05, 3.63) is 36.2 Å². The number of aromatic nitrogens is 4. The Morgan fingerprint density at radius 2 is 2.06 bits per heavy atom. The third kappa shape index (κ3) is 2.55. The standard InChI is InChI=1S/C11H13F3N4/c1-8(2)18-7-15-5-9(18)6-17-4-3-10(16-17)11(12,13)14/h3-5,7-8H,6H2,1-2H3. The second-order valence-corrected chi connectivity index (χ2v) is 4.28. The van der Waals surface area contributed by atoms with E-state index in [-0.39, 0.29) is 12.6 Å². The van der Waals surface area contributed by atoms with Gasteiger partial charge in [0.05, 0.1) is 24.8 Å². The quantitative estimate of drug-likeness (QED) is 0.848. The molecule has 7 heteroatoms. The Labute approximate surface area is 102 Å². The zero-order valence-electron chi connectivity index (χ0n) is 10.0. The Bertz CT molecular complexity index is 524. The van der Waals surface area contributed by atoms with Crippen LogP contribution in [-0.4, -0.2) is 19.3 Å². The summed E-state index contributed by atoms with van der Waals surface area (Å²) in [5.41, 5.74) is -0.0556. The predicted molar refractivity (Wildman–Crippen MR) is 58.9 cm³/mol. The van der Waals surface area contributed by atoms with Crippen LogP contribution < -0.4 is 0 Å². The Balaban J connectivity index is 2.19. The maximum atomic E-state index is 12.4. The van der Waals surface area contributed by atoms with E-state index in [0.717, 1.165) is 11.8 Å². The summed E-state index contributed by atoms with van der Waals surface area (Å²) in [4.78, 5) is 3.99. The molecule has 98 valence electrons. The van der Waals surface area contributed by atoms with Crippen LogP contribution in [0, 0.1) is 0 Å². The van der Waals surface area contributed by atoms with E-state index in [9.17, 15) is 13.2 Å². The summed E-state index contributed by atoms with van der Waals surface area (Å²) in [6.45, 7) is 4.24. The zero-order valence-corrected chi connectivity index (χ0v) is 10.0. The van der Waals surface area contributed by atoms with Crippen LogP contribution in [0.15, 0.2) is 24.8 Å².